The molecule has 0 fully saturated rings. The van der Waals surface area contributed by atoms with Gasteiger partial charge in [-0.3, -0.25) is 4.79 Å². The van der Waals surface area contributed by atoms with E-state index in [0.29, 0.717) is 6.54 Å². The van der Waals surface area contributed by atoms with Crippen molar-refractivity contribution < 1.29 is 4.79 Å². The van der Waals surface area contributed by atoms with Gasteiger partial charge in [-0.25, -0.2) is 0 Å². The van der Waals surface area contributed by atoms with Gasteiger partial charge in [-0.2, -0.15) is 0 Å². The zero-order valence-electron chi connectivity index (χ0n) is 12.0. The van der Waals surface area contributed by atoms with Crippen LogP contribution in [0.3, 0.4) is 0 Å². The van der Waals surface area contributed by atoms with Gasteiger partial charge in [0.1, 0.15) is 0 Å². The number of carbonyl (C=O) groups is 1. The van der Waals surface area contributed by atoms with Crippen molar-refractivity contribution in [3.8, 4) is 0 Å². The smallest absolute Gasteiger partial charge is 0.235 e. The molecule has 0 spiro atoms. The van der Waals surface area contributed by atoms with Crippen LogP contribution in [0.1, 0.15) is 40.5 Å². The van der Waals surface area contributed by atoms with Crippen LogP contribution in [0.2, 0.25) is 0 Å². The molecule has 17 heavy (non-hydrogen) atoms. The number of rotatable bonds is 8. The molecule has 0 aromatic heterocycles. The Kier molecular flexibility index (Phi) is 7.88. The first-order valence-electron chi connectivity index (χ1n) is 6.40. The van der Waals surface area contributed by atoms with E-state index < -0.39 is 0 Å². The second kappa shape index (κ2) is 7.98. The lowest BCUT2D eigenvalue weighted by Crippen LogP contribution is -2.42. The normalized spacial score (nSPS) is 13.5. The molecule has 0 aliphatic heterocycles. The monoisotopic (exact) mass is 260 g/mol. The van der Waals surface area contributed by atoms with Gasteiger partial charge < -0.3 is 10.6 Å². The first-order valence-corrected chi connectivity index (χ1v) is 7.45. The van der Waals surface area contributed by atoms with Crippen LogP contribution in [0.4, 0.5) is 0 Å². The van der Waals surface area contributed by atoms with Crippen LogP contribution in [-0.2, 0) is 4.79 Å². The highest BCUT2D eigenvalue weighted by molar-refractivity contribution is 8.00. The second-order valence-corrected chi connectivity index (χ2v) is 6.88. The molecular formula is C13H28N2OS. The summed E-state index contributed by atoms with van der Waals surface area (Å²) in [5, 5.41) is 0.0557. The number of thioether (sulfide) groups is 1. The lowest BCUT2D eigenvalue weighted by Gasteiger charge is -2.30. The average Bonchev–Trinajstić information content (AvgIpc) is 2.27. The highest BCUT2D eigenvalue weighted by Gasteiger charge is 2.24. The number of hydrogen-bond acceptors (Lipinski definition) is 3. The Hall–Kier alpha value is -0.220. The van der Waals surface area contributed by atoms with Crippen LogP contribution in [0.5, 0.6) is 0 Å². The molecule has 0 saturated heterocycles. The molecule has 1 unspecified atom stereocenters. The largest absolute Gasteiger partial charge is 0.344 e. The minimum absolute atomic E-state index is 0.00177. The minimum atomic E-state index is -0.00177. The number of nitrogens with two attached hydrogens (primary N) is 1. The van der Waals surface area contributed by atoms with Gasteiger partial charge in [-0.05, 0) is 31.1 Å². The Morgan fingerprint density at radius 2 is 2.06 bits per heavy atom. The van der Waals surface area contributed by atoms with Crippen LogP contribution in [0.25, 0.3) is 0 Å². The highest BCUT2D eigenvalue weighted by Crippen LogP contribution is 2.18. The van der Waals surface area contributed by atoms with Crippen LogP contribution in [-0.4, -0.2) is 41.9 Å². The Bertz CT molecular complexity index is 231. The van der Waals surface area contributed by atoms with Crippen LogP contribution in [0.15, 0.2) is 0 Å². The molecule has 0 aromatic rings. The summed E-state index contributed by atoms with van der Waals surface area (Å²) in [4.78, 5) is 13.9. The quantitative estimate of drug-likeness (QED) is 0.681. The van der Waals surface area contributed by atoms with Crippen LogP contribution >= 0.6 is 11.8 Å². The Morgan fingerprint density at radius 3 is 2.53 bits per heavy atom. The van der Waals surface area contributed by atoms with Gasteiger partial charge in [0.2, 0.25) is 5.91 Å². The summed E-state index contributed by atoms with van der Waals surface area (Å²) >= 11 is 1.75. The van der Waals surface area contributed by atoms with E-state index in [1.807, 2.05) is 18.9 Å². The molecule has 4 heteroatoms. The molecule has 0 radical (unpaired) electrons. The van der Waals surface area contributed by atoms with Crippen molar-refractivity contribution in [2.45, 2.75) is 45.8 Å². The Morgan fingerprint density at radius 1 is 1.47 bits per heavy atom. The van der Waals surface area contributed by atoms with Crippen molar-refractivity contribution in [1.82, 2.24) is 4.90 Å². The van der Waals surface area contributed by atoms with E-state index in [-0.39, 0.29) is 16.6 Å². The lowest BCUT2D eigenvalue weighted by atomic mass is 9.93. The van der Waals surface area contributed by atoms with Gasteiger partial charge in [0, 0.05) is 13.6 Å². The molecule has 2 N–H and O–H groups in total. The summed E-state index contributed by atoms with van der Waals surface area (Å²) in [5.74, 6) is 1.28. The van der Waals surface area contributed by atoms with E-state index in [2.05, 4.69) is 20.8 Å². The zero-order valence-corrected chi connectivity index (χ0v) is 12.8. The van der Waals surface area contributed by atoms with Crippen molar-refractivity contribution in [2.24, 2.45) is 11.1 Å². The topological polar surface area (TPSA) is 46.3 Å². The molecule has 0 aliphatic carbocycles. The summed E-state index contributed by atoms with van der Waals surface area (Å²) in [6, 6.07) is 0. The third-order valence-electron chi connectivity index (χ3n) is 2.81. The highest BCUT2D eigenvalue weighted by atomic mass is 32.2. The van der Waals surface area contributed by atoms with Crippen LogP contribution in [0, 0.1) is 5.41 Å². The summed E-state index contributed by atoms with van der Waals surface area (Å²) in [6.45, 7) is 9.66. The number of unbranched alkanes of at least 4 members (excludes halogenated alkanes) is 1. The summed E-state index contributed by atoms with van der Waals surface area (Å²) in [6.07, 6.45) is 2.37. The first-order chi connectivity index (χ1) is 7.84. The van der Waals surface area contributed by atoms with Crippen LogP contribution < -0.4 is 5.73 Å². The van der Waals surface area contributed by atoms with Crippen molar-refractivity contribution in [2.75, 3.05) is 25.9 Å². The minimum Gasteiger partial charge on any atom is -0.344 e. The molecule has 0 aliphatic rings. The molecular weight excluding hydrogens is 232 g/mol. The van der Waals surface area contributed by atoms with Gasteiger partial charge in [0.25, 0.3) is 0 Å². The van der Waals surface area contributed by atoms with Gasteiger partial charge >= 0.3 is 0 Å². The molecule has 1 atom stereocenters. The maximum absolute atomic E-state index is 12.1. The third kappa shape index (κ3) is 6.94. The Labute approximate surface area is 111 Å². The maximum Gasteiger partial charge on any atom is 0.235 e. The first kappa shape index (κ1) is 16.8. The molecule has 102 valence electrons. The molecule has 0 aromatic carbocycles. The van der Waals surface area contributed by atoms with E-state index in [0.717, 1.165) is 12.3 Å². The van der Waals surface area contributed by atoms with Crippen molar-refractivity contribution in [3.63, 3.8) is 0 Å². The maximum atomic E-state index is 12.1. The molecule has 0 saturated carbocycles. The van der Waals surface area contributed by atoms with E-state index in [1.165, 1.54) is 12.8 Å². The van der Waals surface area contributed by atoms with Gasteiger partial charge in [-0.15, -0.1) is 11.8 Å². The molecule has 0 bridgehead atoms. The van der Waals surface area contributed by atoms with E-state index >= 15 is 0 Å². The fourth-order valence-electron chi connectivity index (χ4n) is 1.57. The predicted octanol–water partition coefficient (Wildman–Crippen LogP) is 2.35. The fourth-order valence-corrected chi connectivity index (χ4v) is 2.70. The van der Waals surface area contributed by atoms with E-state index in [4.69, 9.17) is 5.73 Å². The number of nitrogens with zero attached hydrogens (tertiary/aromatic N) is 1. The fraction of sp³-hybridized carbons (Fsp3) is 0.923. The standard InChI is InChI=1S/C13H28N2OS/c1-6-7-8-17-11(2)12(16)15(5)10-13(3,4)9-14/h11H,6-10,14H2,1-5H3. The van der Waals surface area contributed by atoms with Gasteiger partial charge in [-0.1, -0.05) is 27.2 Å². The Balaban J connectivity index is 4.11. The molecule has 3 nitrogen and oxygen atoms in total. The number of hydrogen-bond donors (Lipinski definition) is 1. The predicted molar refractivity (Wildman–Crippen MR) is 77.3 cm³/mol. The zero-order chi connectivity index (χ0) is 13.5. The average molecular weight is 260 g/mol. The second-order valence-electron chi connectivity index (χ2n) is 5.43. The molecule has 1 amide bonds. The summed E-state index contributed by atoms with van der Waals surface area (Å²) < 4.78 is 0. The molecule has 0 rings (SSSR count). The molecule has 0 heterocycles. The lowest BCUT2D eigenvalue weighted by molar-refractivity contribution is -0.130. The van der Waals surface area contributed by atoms with Crippen molar-refractivity contribution >= 4 is 17.7 Å². The SMILES string of the molecule is CCCCSC(C)C(=O)N(C)CC(C)(C)CN. The van der Waals surface area contributed by atoms with Gasteiger partial charge in [0.15, 0.2) is 0 Å². The van der Waals surface area contributed by atoms with E-state index in [1.54, 1.807) is 11.8 Å². The van der Waals surface area contributed by atoms with Crippen molar-refractivity contribution in [3.05, 3.63) is 0 Å². The number of carbonyl (C=O) groups excluding carboxylic acids is 1. The van der Waals surface area contributed by atoms with Crippen molar-refractivity contribution in [1.29, 1.82) is 0 Å². The summed E-state index contributed by atoms with van der Waals surface area (Å²) in [7, 11) is 1.87. The third-order valence-corrected chi connectivity index (χ3v) is 4.03. The summed E-state index contributed by atoms with van der Waals surface area (Å²) in [5.41, 5.74) is 5.68. The van der Waals surface area contributed by atoms with Gasteiger partial charge in [0.05, 0.1) is 5.25 Å². The number of amides is 1. The van der Waals surface area contributed by atoms with E-state index in [9.17, 15) is 4.79 Å².